The molecule has 4 fully saturated rings. The molecule has 0 spiro atoms. The second-order valence-corrected chi connectivity index (χ2v) is 11.2. The predicted molar refractivity (Wildman–Crippen MR) is 134 cm³/mol. The van der Waals surface area contributed by atoms with Crippen molar-refractivity contribution in [3.8, 4) is 0 Å². The van der Waals surface area contributed by atoms with Crippen molar-refractivity contribution < 1.29 is 109 Å². The number of carboxylic acids is 1. The van der Waals surface area contributed by atoms with Crippen molar-refractivity contribution in [2.24, 2.45) is 0 Å². The van der Waals surface area contributed by atoms with Crippen molar-refractivity contribution in [2.45, 2.75) is 123 Å². The van der Waals surface area contributed by atoms with E-state index in [-0.39, 0.29) is 0 Å². The van der Waals surface area contributed by atoms with Crippen LogP contribution in [-0.2, 0) is 38.0 Å². The summed E-state index contributed by atoms with van der Waals surface area (Å²) < 4.78 is 37.5. The Morgan fingerprint density at radius 1 is 0.457 bits per heavy atom. The molecule has 0 bridgehead atoms. The molecule has 46 heavy (non-hydrogen) atoms. The highest BCUT2D eigenvalue weighted by molar-refractivity contribution is 5.73. The van der Waals surface area contributed by atoms with Crippen LogP contribution in [0.3, 0.4) is 0 Å². The number of carbonyl (C=O) groups is 1. The molecular formula is C24H40O22. The van der Waals surface area contributed by atoms with Crippen LogP contribution < -0.4 is 0 Å². The minimum absolute atomic E-state index is 0.862. The maximum atomic E-state index is 12.1. The number of carboxylic acid groups (broad SMARTS) is 1. The number of aliphatic hydroxyl groups is 13. The number of hydrogen-bond acceptors (Lipinski definition) is 21. The van der Waals surface area contributed by atoms with Crippen molar-refractivity contribution in [1.29, 1.82) is 0 Å². The Morgan fingerprint density at radius 2 is 0.848 bits per heavy atom. The van der Waals surface area contributed by atoms with Crippen LogP contribution in [0.25, 0.3) is 0 Å². The van der Waals surface area contributed by atoms with Crippen LogP contribution >= 0.6 is 0 Å². The molecule has 14 N–H and O–H groups in total. The lowest BCUT2D eigenvalue weighted by Crippen LogP contribution is -2.68. The van der Waals surface area contributed by atoms with Crippen molar-refractivity contribution >= 4 is 5.97 Å². The number of hydrogen-bond donors (Lipinski definition) is 14. The molecule has 0 aromatic carbocycles. The van der Waals surface area contributed by atoms with Gasteiger partial charge in [-0.05, 0) is 0 Å². The van der Waals surface area contributed by atoms with Crippen LogP contribution in [0.4, 0.5) is 0 Å². The smallest absolute Gasteiger partial charge is 0.335 e. The first-order valence-electron chi connectivity index (χ1n) is 14.1. The largest absolute Gasteiger partial charge is 0.479 e. The zero-order valence-corrected chi connectivity index (χ0v) is 23.7. The summed E-state index contributed by atoms with van der Waals surface area (Å²) in [4.78, 5) is 12.1. The van der Waals surface area contributed by atoms with Crippen molar-refractivity contribution in [3.05, 3.63) is 0 Å². The molecule has 0 amide bonds. The Labute approximate surface area is 258 Å². The minimum Gasteiger partial charge on any atom is -0.479 e. The molecule has 22 nitrogen and oxygen atoms in total. The highest BCUT2D eigenvalue weighted by atomic mass is 16.8. The van der Waals surface area contributed by atoms with E-state index in [2.05, 4.69) is 0 Å². The second kappa shape index (κ2) is 15.5. The first-order chi connectivity index (χ1) is 21.7. The van der Waals surface area contributed by atoms with E-state index in [1.807, 2.05) is 0 Å². The lowest BCUT2D eigenvalue weighted by molar-refractivity contribution is -0.394. The summed E-state index contributed by atoms with van der Waals surface area (Å²) in [6.45, 7) is -2.68. The Kier molecular flexibility index (Phi) is 12.6. The highest BCUT2D eigenvalue weighted by Crippen LogP contribution is 2.34. The van der Waals surface area contributed by atoms with Gasteiger partial charge in [-0.15, -0.1) is 0 Å². The summed E-state index contributed by atoms with van der Waals surface area (Å²) in [5, 5.41) is 142. The molecule has 0 radical (unpaired) electrons. The third kappa shape index (κ3) is 7.31. The minimum atomic E-state index is -2.27. The second-order valence-electron chi connectivity index (χ2n) is 11.2. The number of aliphatic carboxylic acids is 1. The predicted octanol–water partition coefficient (Wildman–Crippen LogP) is -9.66. The van der Waals surface area contributed by atoms with Gasteiger partial charge in [-0.25, -0.2) is 4.79 Å². The molecule has 4 rings (SSSR count). The van der Waals surface area contributed by atoms with E-state index in [9.17, 15) is 76.3 Å². The SMILES string of the molecule is O=C(O)[C@H]1O[C@@H](O)[C@H](O[C@@H]2O[C@H](CO)[C@H](O)[C@H](O)[C@H]2O)[C@@H](O)[C@@H]1O[C@@H]1O[C@H](CO)[C@H](O)[C@H](O)[C@H]1O[C@@H]1O[C@H](CO)[C@@H](O)[C@H](O)[C@H]1O. The molecule has 268 valence electrons. The normalized spacial score (nSPS) is 51.9. The van der Waals surface area contributed by atoms with E-state index >= 15 is 0 Å². The summed E-state index contributed by atoms with van der Waals surface area (Å²) in [5.41, 5.74) is 0. The van der Waals surface area contributed by atoms with Crippen LogP contribution in [0, 0.1) is 0 Å². The molecule has 0 aromatic rings. The third-order valence-electron chi connectivity index (χ3n) is 8.18. The van der Waals surface area contributed by atoms with E-state index in [0.717, 1.165) is 0 Å². The van der Waals surface area contributed by atoms with Crippen LogP contribution in [0.1, 0.15) is 0 Å². The van der Waals surface area contributed by atoms with Gasteiger partial charge < -0.3 is 105 Å². The summed E-state index contributed by atoms with van der Waals surface area (Å²) in [6.07, 6.45) is -39.0. The summed E-state index contributed by atoms with van der Waals surface area (Å²) in [5.74, 6) is -1.82. The molecule has 4 aliphatic rings. The van der Waals surface area contributed by atoms with Gasteiger partial charge in [0.1, 0.15) is 91.6 Å². The fraction of sp³-hybridized carbons (Fsp3) is 0.958. The Balaban J connectivity index is 1.60. The van der Waals surface area contributed by atoms with Gasteiger partial charge >= 0.3 is 5.97 Å². The molecule has 0 aromatic heterocycles. The molecule has 0 aliphatic carbocycles. The lowest BCUT2D eigenvalue weighted by Gasteiger charge is -2.48. The zero-order valence-electron chi connectivity index (χ0n) is 23.7. The van der Waals surface area contributed by atoms with Gasteiger partial charge in [0.25, 0.3) is 0 Å². The average molecular weight is 681 g/mol. The molecule has 4 saturated heterocycles. The van der Waals surface area contributed by atoms with E-state index in [0.29, 0.717) is 0 Å². The maximum Gasteiger partial charge on any atom is 0.335 e. The number of ether oxygens (including phenoxy) is 7. The Bertz CT molecular complexity index is 988. The quantitative estimate of drug-likeness (QED) is 0.102. The van der Waals surface area contributed by atoms with Crippen LogP contribution in [0.2, 0.25) is 0 Å². The molecule has 4 heterocycles. The molecule has 22 heteroatoms. The van der Waals surface area contributed by atoms with Gasteiger partial charge in [-0.1, -0.05) is 0 Å². The van der Waals surface area contributed by atoms with Crippen molar-refractivity contribution in [1.82, 2.24) is 0 Å². The van der Waals surface area contributed by atoms with Gasteiger partial charge in [0.05, 0.1) is 19.8 Å². The molecule has 0 saturated carbocycles. The van der Waals surface area contributed by atoms with Crippen molar-refractivity contribution in [3.63, 3.8) is 0 Å². The van der Waals surface area contributed by atoms with E-state index in [4.69, 9.17) is 33.2 Å². The van der Waals surface area contributed by atoms with Crippen LogP contribution in [0.5, 0.6) is 0 Å². The van der Waals surface area contributed by atoms with E-state index < -0.39 is 149 Å². The Morgan fingerprint density at radius 3 is 1.28 bits per heavy atom. The van der Waals surface area contributed by atoms with Gasteiger partial charge in [0.2, 0.25) is 0 Å². The highest BCUT2D eigenvalue weighted by Gasteiger charge is 2.56. The molecule has 4 aliphatic heterocycles. The maximum absolute atomic E-state index is 12.1. The number of rotatable bonds is 10. The fourth-order valence-electron chi connectivity index (χ4n) is 5.47. The molecular weight excluding hydrogens is 640 g/mol. The van der Waals surface area contributed by atoms with Gasteiger partial charge in [-0.3, -0.25) is 0 Å². The molecule has 20 atom stereocenters. The van der Waals surface area contributed by atoms with Gasteiger partial charge in [0, 0.05) is 0 Å². The molecule has 0 unspecified atom stereocenters. The van der Waals surface area contributed by atoms with Crippen LogP contribution in [0.15, 0.2) is 0 Å². The first-order valence-corrected chi connectivity index (χ1v) is 14.1. The summed E-state index contributed by atoms with van der Waals surface area (Å²) >= 11 is 0. The van der Waals surface area contributed by atoms with Crippen LogP contribution in [-0.4, -0.2) is 220 Å². The topological polar surface area (TPSA) is 365 Å². The van der Waals surface area contributed by atoms with E-state index in [1.165, 1.54) is 0 Å². The first kappa shape index (κ1) is 37.5. The third-order valence-corrected chi connectivity index (χ3v) is 8.18. The van der Waals surface area contributed by atoms with E-state index in [1.54, 1.807) is 0 Å². The summed E-state index contributed by atoms with van der Waals surface area (Å²) in [6, 6.07) is 0. The van der Waals surface area contributed by atoms with Gasteiger partial charge in [-0.2, -0.15) is 0 Å². The lowest BCUT2D eigenvalue weighted by atomic mass is 9.95. The average Bonchev–Trinajstić information content (AvgIpc) is 3.03. The Hall–Kier alpha value is -1.33. The number of aliphatic hydroxyl groups excluding tert-OH is 13. The zero-order chi connectivity index (χ0) is 34.2. The van der Waals surface area contributed by atoms with Gasteiger partial charge in [0.15, 0.2) is 31.3 Å². The fourth-order valence-corrected chi connectivity index (χ4v) is 5.47. The summed E-state index contributed by atoms with van der Waals surface area (Å²) in [7, 11) is 0. The monoisotopic (exact) mass is 680 g/mol. The standard InChI is InChI=1S/C24H40O22/c25-1-4-7(28)10(31)13(34)22(40-4)45-17-15(36)16(19(20(37)38)43-21(17)39)44-24-18(12(33)9(30)6(3-27)42-24)46-23-14(35)11(32)8(29)5(2-26)41-23/h4-19,21-36,39H,1-3H2,(H,37,38)/t4-,5-,6-,7+,8-,9+,10+,11+,12+,13-,14-,15+,16+,17-,18-,19+,21-,22+,23+,24+/m1/s1. The van der Waals surface area contributed by atoms with Crippen molar-refractivity contribution in [2.75, 3.05) is 19.8 Å².